The minimum absolute atomic E-state index is 0.0552. The second kappa shape index (κ2) is 12.7. The second-order valence-corrected chi connectivity index (χ2v) is 13.0. The molecule has 226 valence electrons. The summed E-state index contributed by atoms with van der Waals surface area (Å²) in [4.78, 5) is 27.1. The number of likely N-dealkylation sites (tertiary alicyclic amines) is 1. The zero-order chi connectivity index (χ0) is 30.7. The monoisotopic (exact) mass is 630 g/mol. The van der Waals surface area contributed by atoms with Gasteiger partial charge in [0.05, 0.1) is 27.0 Å². The highest BCUT2D eigenvalue weighted by atomic mass is 32.2. The number of hydrogen-bond donors (Lipinski definition) is 2. The van der Waals surface area contributed by atoms with Gasteiger partial charge < -0.3 is 10.2 Å². The summed E-state index contributed by atoms with van der Waals surface area (Å²) >= 11 is 1.40. The number of carbonyl (C=O) groups is 1. The lowest BCUT2D eigenvalue weighted by molar-refractivity contribution is -0.127. The molecule has 3 heterocycles. The summed E-state index contributed by atoms with van der Waals surface area (Å²) in [6.07, 6.45) is 3.82. The van der Waals surface area contributed by atoms with Gasteiger partial charge in [0.1, 0.15) is 22.3 Å². The topological polar surface area (TPSA) is 117 Å². The summed E-state index contributed by atoms with van der Waals surface area (Å²) in [5.74, 6) is -2.42. The molecule has 14 heteroatoms. The third kappa shape index (κ3) is 6.96. The molecule has 5 rings (SSSR count). The van der Waals surface area contributed by atoms with Crippen LogP contribution in [0.5, 0.6) is 0 Å². The van der Waals surface area contributed by atoms with Crippen molar-refractivity contribution in [1.82, 2.24) is 19.9 Å². The largest absolute Gasteiger partial charge is 0.354 e. The minimum atomic E-state index is -4.66. The summed E-state index contributed by atoms with van der Waals surface area (Å²) in [6, 6.07) is 7.51. The van der Waals surface area contributed by atoms with Crippen LogP contribution >= 0.6 is 11.3 Å². The van der Waals surface area contributed by atoms with E-state index in [1.54, 1.807) is 12.3 Å². The Labute approximate surface area is 251 Å². The molecule has 43 heavy (non-hydrogen) atoms. The Hall–Kier alpha value is -4.04. The van der Waals surface area contributed by atoms with E-state index in [2.05, 4.69) is 15.3 Å². The molecule has 0 bridgehead atoms. The van der Waals surface area contributed by atoms with Gasteiger partial charge in [-0.1, -0.05) is 13.8 Å². The maximum atomic E-state index is 14.8. The van der Waals surface area contributed by atoms with E-state index < -0.39 is 38.1 Å². The highest BCUT2D eigenvalue weighted by Gasteiger charge is 2.24. The number of amides is 1. The maximum absolute atomic E-state index is 14.8. The first-order valence-electron chi connectivity index (χ1n) is 13.7. The Kier molecular flexibility index (Phi) is 8.97. The van der Waals surface area contributed by atoms with Crippen LogP contribution in [0.25, 0.3) is 21.8 Å². The Morgan fingerprint density at radius 2 is 1.84 bits per heavy atom. The average Bonchev–Trinajstić information content (AvgIpc) is 3.60. The summed E-state index contributed by atoms with van der Waals surface area (Å²) in [7, 11) is -4.66. The van der Waals surface area contributed by atoms with Crippen LogP contribution in [0.1, 0.15) is 44.0 Å². The number of sulfonamides is 1. The van der Waals surface area contributed by atoms with Crippen molar-refractivity contribution in [1.29, 1.82) is 0 Å². The van der Waals surface area contributed by atoms with Gasteiger partial charge in [0.15, 0.2) is 0 Å². The van der Waals surface area contributed by atoms with Gasteiger partial charge >= 0.3 is 0 Å². The lowest BCUT2D eigenvalue weighted by atomic mass is 10.1. The van der Waals surface area contributed by atoms with Crippen molar-refractivity contribution in [2.24, 2.45) is 0 Å². The predicted octanol–water partition coefficient (Wildman–Crippen LogP) is 6.03. The SMILES string of the molecule is CC(C)c1nc(-c2ccc(F)c(NS(=O)(=O)c3cc(F)ccc3F)c2)c(-c2ccnc(NCCCN3CCCC3=O)n2)s1. The van der Waals surface area contributed by atoms with Gasteiger partial charge in [-0.15, -0.1) is 11.3 Å². The average molecular weight is 631 g/mol. The van der Waals surface area contributed by atoms with Crippen molar-refractivity contribution in [3.63, 3.8) is 0 Å². The normalized spacial score (nSPS) is 13.6. The number of nitrogens with zero attached hydrogens (tertiary/aromatic N) is 4. The third-order valence-electron chi connectivity index (χ3n) is 6.75. The molecule has 1 amide bonds. The van der Waals surface area contributed by atoms with Crippen molar-refractivity contribution in [2.75, 3.05) is 29.7 Å². The van der Waals surface area contributed by atoms with Crippen LogP contribution < -0.4 is 10.0 Å². The van der Waals surface area contributed by atoms with Gasteiger partial charge in [0.25, 0.3) is 10.0 Å². The van der Waals surface area contributed by atoms with Crippen LogP contribution in [0.3, 0.4) is 0 Å². The van der Waals surface area contributed by atoms with Crippen LogP contribution in [0.15, 0.2) is 53.6 Å². The van der Waals surface area contributed by atoms with Gasteiger partial charge in [-0.25, -0.2) is 36.5 Å². The molecule has 0 atom stereocenters. The van der Waals surface area contributed by atoms with Crippen molar-refractivity contribution >= 4 is 38.9 Å². The maximum Gasteiger partial charge on any atom is 0.265 e. The van der Waals surface area contributed by atoms with E-state index in [1.807, 2.05) is 23.5 Å². The van der Waals surface area contributed by atoms with E-state index in [0.29, 0.717) is 59.4 Å². The lowest BCUT2D eigenvalue weighted by Gasteiger charge is -2.15. The fraction of sp³-hybridized carbons (Fsp3) is 0.310. The van der Waals surface area contributed by atoms with Crippen LogP contribution in [0.4, 0.5) is 24.8 Å². The number of anilines is 2. The van der Waals surface area contributed by atoms with Crippen molar-refractivity contribution in [2.45, 2.75) is 43.9 Å². The molecule has 2 N–H and O–H groups in total. The molecule has 2 aromatic heterocycles. The van der Waals surface area contributed by atoms with Gasteiger partial charge in [0, 0.05) is 43.7 Å². The number of carbonyl (C=O) groups excluding carboxylic acids is 1. The van der Waals surface area contributed by atoms with E-state index in [1.165, 1.54) is 23.5 Å². The van der Waals surface area contributed by atoms with Crippen LogP contribution in [-0.2, 0) is 14.8 Å². The molecule has 9 nitrogen and oxygen atoms in total. The lowest BCUT2D eigenvalue weighted by Crippen LogP contribution is -2.27. The molecule has 1 fully saturated rings. The fourth-order valence-electron chi connectivity index (χ4n) is 4.57. The van der Waals surface area contributed by atoms with E-state index >= 15 is 0 Å². The van der Waals surface area contributed by atoms with Gasteiger partial charge in [-0.3, -0.25) is 9.52 Å². The van der Waals surface area contributed by atoms with E-state index in [-0.39, 0.29) is 11.8 Å². The molecular weight excluding hydrogens is 601 g/mol. The second-order valence-electron chi connectivity index (χ2n) is 10.3. The first-order valence-corrected chi connectivity index (χ1v) is 16.0. The number of aromatic nitrogens is 3. The number of rotatable bonds is 11. The standard InChI is InChI=1S/C29H29F3N6O3S2/c1-17(2)28-36-26(18-6-8-20(31)23(15-18)37-43(40,41)24-16-19(30)7-9-21(24)32)27(42-28)22-10-12-34-29(35-22)33-11-4-14-38-13-3-5-25(38)39/h6-10,12,15-17,37H,3-5,11,13-14H2,1-2H3,(H,33,34,35). The number of hydrogen-bond acceptors (Lipinski definition) is 8. The first kappa shape index (κ1) is 30.4. The van der Waals surface area contributed by atoms with Crippen LogP contribution in [-0.4, -0.2) is 53.8 Å². The molecule has 4 aromatic rings. The van der Waals surface area contributed by atoms with Gasteiger partial charge in [-0.2, -0.15) is 0 Å². The number of halogens is 3. The minimum Gasteiger partial charge on any atom is -0.354 e. The smallest absolute Gasteiger partial charge is 0.265 e. The molecule has 0 radical (unpaired) electrons. The van der Waals surface area contributed by atoms with Crippen LogP contribution in [0, 0.1) is 17.5 Å². The first-order chi connectivity index (χ1) is 20.5. The van der Waals surface area contributed by atoms with Crippen molar-refractivity contribution in [3.05, 3.63) is 71.1 Å². The molecule has 0 spiro atoms. The quantitative estimate of drug-likeness (QED) is 0.194. The van der Waals surface area contributed by atoms with E-state index in [9.17, 15) is 26.4 Å². The molecule has 0 saturated carbocycles. The summed E-state index contributed by atoms with van der Waals surface area (Å²) < 4.78 is 70.5. The number of thiazole rings is 1. The molecule has 1 aliphatic rings. The van der Waals surface area contributed by atoms with Crippen LogP contribution in [0.2, 0.25) is 0 Å². The summed E-state index contributed by atoms with van der Waals surface area (Å²) in [6.45, 7) is 5.95. The highest BCUT2D eigenvalue weighted by molar-refractivity contribution is 7.92. The highest BCUT2D eigenvalue weighted by Crippen LogP contribution is 2.39. The summed E-state index contributed by atoms with van der Waals surface area (Å²) in [5.41, 5.74) is 0.941. The van der Waals surface area contributed by atoms with Gasteiger partial charge in [0.2, 0.25) is 11.9 Å². The van der Waals surface area contributed by atoms with Crippen molar-refractivity contribution < 1.29 is 26.4 Å². The van der Waals surface area contributed by atoms with Gasteiger partial charge in [-0.05, 0) is 55.3 Å². The molecule has 1 saturated heterocycles. The number of benzene rings is 2. The predicted molar refractivity (Wildman–Crippen MR) is 159 cm³/mol. The molecule has 0 unspecified atom stereocenters. The molecule has 1 aliphatic heterocycles. The summed E-state index contributed by atoms with van der Waals surface area (Å²) in [5, 5.41) is 3.97. The Balaban J connectivity index is 1.42. The fourth-order valence-corrected chi connectivity index (χ4v) is 6.78. The zero-order valence-corrected chi connectivity index (χ0v) is 25.0. The zero-order valence-electron chi connectivity index (χ0n) is 23.4. The molecule has 0 aliphatic carbocycles. The van der Waals surface area contributed by atoms with E-state index in [0.717, 1.165) is 36.5 Å². The van der Waals surface area contributed by atoms with E-state index in [4.69, 9.17) is 4.98 Å². The Morgan fingerprint density at radius 3 is 2.58 bits per heavy atom. The third-order valence-corrected chi connectivity index (χ3v) is 9.51. The number of nitrogens with one attached hydrogen (secondary N) is 2. The molecule has 2 aromatic carbocycles. The molecular formula is C29H29F3N6O3S2. The Bertz CT molecular complexity index is 1760. The van der Waals surface area contributed by atoms with Crippen molar-refractivity contribution in [3.8, 4) is 21.8 Å². The Morgan fingerprint density at radius 1 is 1.05 bits per heavy atom.